The van der Waals surface area contributed by atoms with Crippen molar-refractivity contribution in [3.63, 3.8) is 0 Å². The molecular formula is C22H24N4O2. The number of ether oxygens (including phenoxy) is 1. The highest BCUT2D eigenvalue weighted by Gasteiger charge is 2.09. The van der Waals surface area contributed by atoms with E-state index in [1.807, 2.05) is 79.7 Å². The van der Waals surface area contributed by atoms with Gasteiger partial charge < -0.3 is 20.3 Å². The monoisotopic (exact) mass is 376 g/mol. The van der Waals surface area contributed by atoms with Crippen molar-refractivity contribution in [1.82, 2.24) is 15.2 Å². The second-order valence-electron chi connectivity index (χ2n) is 6.53. The summed E-state index contributed by atoms with van der Waals surface area (Å²) in [6.07, 6.45) is 1.61. The van der Waals surface area contributed by atoms with Gasteiger partial charge in [-0.3, -0.25) is 9.78 Å². The lowest BCUT2D eigenvalue weighted by Crippen LogP contribution is -2.31. The Kier molecular flexibility index (Phi) is 6.59. The summed E-state index contributed by atoms with van der Waals surface area (Å²) in [6.45, 7) is 1.34. The molecule has 2 aromatic carbocycles. The Balaban J connectivity index is 1.71. The van der Waals surface area contributed by atoms with E-state index in [4.69, 9.17) is 4.74 Å². The molecule has 0 aliphatic carbocycles. The minimum atomic E-state index is -0.195. The molecule has 1 aromatic heterocycles. The Morgan fingerprint density at radius 2 is 1.79 bits per heavy atom. The van der Waals surface area contributed by atoms with Crippen molar-refractivity contribution in [3.05, 3.63) is 78.6 Å². The third-order valence-electron chi connectivity index (χ3n) is 3.97. The van der Waals surface area contributed by atoms with Crippen LogP contribution < -0.4 is 15.4 Å². The van der Waals surface area contributed by atoms with E-state index in [1.165, 1.54) is 0 Å². The largest absolute Gasteiger partial charge is 0.455 e. The van der Waals surface area contributed by atoms with Crippen LogP contribution in [0.3, 0.4) is 0 Å². The van der Waals surface area contributed by atoms with Gasteiger partial charge in [-0.05, 0) is 50.5 Å². The molecule has 0 saturated heterocycles. The van der Waals surface area contributed by atoms with Gasteiger partial charge in [0.2, 0.25) is 0 Å². The summed E-state index contributed by atoms with van der Waals surface area (Å²) in [7, 11) is 3.92. The summed E-state index contributed by atoms with van der Waals surface area (Å²) >= 11 is 0. The Morgan fingerprint density at radius 1 is 1.04 bits per heavy atom. The normalized spacial score (nSPS) is 10.5. The average molecular weight is 376 g/mol. The van der Waals surface area contributed by atoms with Crippen molar-refractivity contribution in [2.24, 2.45) is 0 Å². The Labute approximate surface area is 165 Å². The van der Waals surface area contributed by atoms with Crippen LogP contribution in [0, 0.1) is 0 Å². The minimum absolute atomic E-state index is 0.195. The van der Waals surface area contributed by atoms with Crippen molar-refractivity contribution in [2.75, 3.05) is 32.5 Å². The first-order chi connectivity index (χ1) is 13.6. The number of para-hydroxylation sites is 3. The van der Waals surface area contributed by atoms with E-state index >= 15 is 0 Å². The number of anilines is 2. The number of hydrogen-bond acceptors (Lipinski definition) is 5. The van der Waals surface area contributed by atoms with E-state index in [0.29, 0.717) is 18.0 Å². The predicted octanol–water partition coefficient (Wildman–Crippen LogP) is 3.91. The lowest BCUT2D eigenvalue weighted by molar-refractivity contribution is 0.0946. The first-order valence-corrected chi connectivity index (χ1v) is 9.10. The maximum absolute atomic E-state index is 12.3. The van der Waals surface area contributed by atoms with Crippen LogP contribution in [-0.4, -0.2) is 43.0 Å². The van der Waals surface area contributed by atoms with Crippen molar-refractivity contribution < 1.29 is 9.53 Å². The summed E-state index contributed by atoms with van der Waals surface area (Å²) in [5, 5.41) is 6.18. The molecule has 2 N–H and O–H groups in total. The number of aromatic nitrogens is 1. The van der Waals surface area contributed by atoms with E-state index < -0.39 is 0 Å². The second-order valence-corrected chi connectivity index (χ2v) is 6.53. The molecule has 0 unspecified atom stereocenters. The fourth-order valence-electron chi connectivity index (χ4n) is 2.55. The van der Waals surface area contributed by atoms with Gasteiger partial charge in [-0.1, -0.05) is 30.3 Å². The molecule has 3 aromatic rings. The highest BCUT2D eigenvalue weighted by atomic mass is 16.5. The van der Waals surface area contributed by atoms with E-state index in [9.17, 15) is 4.79 Å². The van der Waals surface area contributed by atoms with Crippen LogP contribution >= 0.6 is 0 Å². The van der Waals surface area contributed by atoms with Crippen LogP contribution in [0.5, 0.6) is 11.5 Å². The Morgan fingerprint density at radius 3 is 2.57 bits per heavy atom. The number of carbonyl (C=O) groups excluding carboxylic acids is 1. The number of nitrogens with zero attached hydrogens (tertiary/aromatic N) is 2. The smallest absolute Gasteiger partial charge is 0.269 e. The van der Waals surface area contributed by atoms with Crippen LogP contribution in [0.25, 0.3) is 0 Å². The molecule has 3 rings (SSSR count). The lowest BCUT2D eigenvalue weighted by atomic mass is 10.2. The van der Waals surface area contributed by atoms with Crippen molar-refractivity contribution in [1.29, 1.82) is 0 Å². The van der Waals surface area contributed by atoms with E-state index in [1.54, 1.807) is 12.3 Å². The number of carbonyl (C=O) groups is 1. The number of hydrogen-bond donors (Lipinski definition) is 2. The summed E-state index contributed by atoms with van der Waals surface area (Å²) in [5.41, 5.74) is 1.93. The van der Waals surface area contributed by atoms with E-state index in [-0.39, 0.29) is 5.91 Å². The fraction of sp³-hybridized carbons (Fsp3) is 0.182. The van der Waals surface area contributed by atoms with Crippen molar-refractivity contribution >= 4 is 17.3 Å². The van der Waals surface area contributed by atoms with Gasteiger partial charge in [0, 0.05) is 25.0 Å². The van der Waals surface area contributed by atoms with Crippen LogP contribution in [0.2, 0.25) is 0 Å². The van der Waals surface area contributed by atoms with Crippen LogP contribution in [0.4, 0.5) is 11.4 Å². The highest BCUT2D eigenvalue weighted by molar-refractivity contribution is 5.93. The molecule has 0 radical (unpaired) electrons. The van der Waals surface area contributed by atoms with Gasteiger partial charge in [0.05, 0.1) is 5.69 Å². The average Bonchev–Trinajstić information content (AvgIpc) is 2.70. The molecule has 0 aliphatic rings. The summed E-state index contributed by atoms with van der Waals surface area (Å²) < 4.78 is 5.97. The molecule has 6 nitrogen and oxygen atoms in total. The summed E-state index contributed by atoms with van der Waals surface area (Å²) in [4.78, 5) is 18.5. The molecular weight excluding hydrogens is 352 g/mol. The van der Waals surface area contributed by atoms with Gasteiger partial charge in [0.1, 0.15) is 11.4 Å². The van der Waals surface area contributed by atoms with Crippen LogP contribution in [0.1, 0.15) is 10.5 Å². The van der Waals surface area contributed by atoms with Crippen molar-refractivity contribution in [2.45, 2.75) is 0 Å². The van der Waals surface area contributed by atoms with Gasteiger partial charge in [-0.2, -0.15) is 0 Å². The third kappa shape index (κ3) is 5.56. The minimum Gasteiger partial charge on any atom is -0.455 e. The standard InChI is InChI=1S/C22H24N4O2/c1-26(2)15-14-24-22(27)20-16-17(12-13-23-20)25-19-10-6-7-11-21(19)28-18-8-4-3-5-9-18/h3-13,16H,14-15H2,1-2H3,(H,23,25)(H,24,27). The van der Waals surface area contributed by atoms with Gasteiger partial charge in [0.25, 0.3) is 5.91 Å². The summed E-state index contributed by atoms with van der Waals surface area (Å²) in [6, 6.07) is 20.8. The van der Waals surface area contributed by atoms with Crippen LogP contribution in [0.15, 0.2) is 72.9 Å². The zero-order valence-corrected chi connectivity index (χ0v) is 16.1. The molecule has 6 heteroatoms. The molecule has 144 valence electrons. The molecule has 1 amide bonds. The number of nitrogens with one attached hydrogen (secondary N) is 2. The predicted molar refractivity (Wildman–Crippen MR) is 111 cm³/mol. The molecule has 28 heavy (non-hydrogen) atoms. The molecule has 0 aliphatic heterocycles. The number of likely N-dealkylation sites (N-methyl/N-ethyl adjacent to an activating group) is 1. The SMILES string of the molecule is CN(C)CCNC(=O)c1cc(Nc2ccccc2Oc2ccccc2)ccn1. The molecule has 0 saturated carbocycles. The number of benzene rings is 2. The lowest BCUT2D eigenvalue weighted by Gasteiger charge is -2.14. The van der Waals surface area contributed by atoms with E-state index in [2.05, 4.69) is 15.6 Å². The second kappa shape index (κ2) is 9.53. The first kappa shape index (κ1) is 19.4. The van der Waals surface area contributed by atoms with Gasteiger partial charge >= 0.3 is 0 Å². The zero-order chi connectivity index (χ0) is 19.8. The van der Waals surface area contributed by atoms with Gasteiger partial charge in [0.15, 0.2) is 5.75 Å². The van der Waals surface area contributed by atoms with Crippen LogP contribution in [-0.2, 0) is 0 Å². The third-order valence-corrected chi connectivity index (χ3v) is 3.97. The van der Waals surface area contributed by atoms with Crippen molar-refractivity contribution in [3.8, 4) is 11.5 Å². The number of pyridine rings is 1. The zero-order valence-electron chi connectivity index (χ0n) is 16.1. The maximum Gasteiger partial charge on any atom is 0.269 e. The summed E-state index contributed by atoms with van der Waals surface area (Å²) in [5.74, 6) is 1.26. The molecule has 0 bridgehead atoms. The molecule has 0 atom stereocenters. The Bertz CT molecular complexity index is 913. The first-order valence-electron chi connectivity index (χ1n) is 9.10. The number of amides is 1. The quantitative estimate of drug-likeness (QED) is 0.624. The Hall–Kier alpha value is -3.38. The van der Waals surface area contributed by atoms with Gasteiger partial charge in [-0.15, -0.1) is 0 Å². The topological polar surface area (TPSA) is 66.5 Å². The van der Waals surface area contributed by atoms with Gasteiger partial charge in [-0.25, -0.2) is 0 Å². The molecule has 0 fully saturated rings. The molecule has 1 heterocycles. The van der Waals surface area contributed by atoms with E-state index in [0.717, 1.165) is 23.7 Å². The fourth-order valence-corrected chi connectivity index (χ4v) is 2.55. The highest BCUT2D eigenvalue weighted by Crippen LogP contribution is 2.31. The maximum atomic E-state index is 12.3. The number of rotatable bonds is 8. The molecule has 0 spiro atoms.